The van der Waals surface area contributed by atoms with Gasteiger partial charge in [-0.1, -0.05) is 6.07 Å². The molecule has 0 saturated heterocycles. The lowest BCUT2D eigenvalue weighted by atomic mass is 10.2. The third kappa shape index (κ3) is 1.57. The van der Waals surface area contributed by atoms with Crippen molar-refractivity contribution >= 4 is 11.0 Å². The normalized spacial score (nSPS) is 13.3. The van der Waals surface area contributed by atoms with Crippen LogP contribution in [0.2, 0.25) is 0 Å². The van der Waals surface area contributed by atoms with Gasteiger partial charge in [-0.25, -0.2) is 4.79 Å². The number of nitrogens with one attached hydrogen (secondary N) is 1. The minimum atomic E-state index is -0.200. The molecule has 4 nitrogen and oxygen atoms in total. The van der Waals surface area contributed by atoms with Crippen LogP contribution in [-0.4, -0.2) is 21.3 Å². The number of hydrogen-bond donors (Lipinski definition) is 2. The summed E-state index contributed by atoms with van der Waals surface area (Å²) in [4.78, 5) is 14.4. The summed E-state index contributed by atoms with van der Waals surface area (Å²) in [6.07, 6.45) is 0. The van der Waals surface area contributed by atoms with Gasteiger partial charge in [0, 0.05) is 0 Å². The Morgan fingerprint density at radius 1 is 1.53 bits per heavy atom. The van der Waals surface area contributed by atoms with E-state index in [2.05, 4.69) is 4.98 Å². The highest BCUT2D eigenvalue weighted by Gasteiger charge is 2.11. The molecule has 2 aromatic rings. The fraction of sp³-hybridized carbons (Fsp3) is 0.364. The van der Waals surface area contributed by atoms with Crippen LogP contribution in [0.5, 0.6) is 0 Å². The van der Waals surface area contributed by atoms with Crippen LogP contribution in [0.4, 0.5) is 0 Å². The molecule has 4 heteroatoms. The second kappa shape index (κ2) is 3.55. The number of H-pyrrole nitrogens is 1. The lowest BCUT2D eigenvalue weighted by molar-refractivity contribution is 0.239. The van der Waals surface area contributed by atoms with E-state index in [0.29, 0.717) is 0 Å². The summed E-state index contributed by atoms with van der Waals surface area (Å²) in [5.41, 5.74) is 2.59. The third-order valence-corrected chi connectivity index (χ3v) is 2.58. The van der Waals surface area contributed by atoms with Crippen molar-refractivity contribution in [1.29, 1.82) is 0 Å². The van der Waals surface area contributed by atoms with Crippen molar-refractivity contribution in [3.05, 3.63) is 34.2 Å². The van der Waals surface area contributed by atoms with Gasteiger partial charge in [-0.15, -0.1) is 0 Å². The fourth-order valence-electron chi connectivity index (χ4n) is 1.76. The first kappa shape index (κ1) is 9.98. The Hall–Kier alpha value is -1.55. The number of fused-ring (bicyclic) bond motifs is 1. The van der Waals surface area contributed by atoms with E-state index in [0.717, 1.165) is 16.6 Å². The molecule has 0 saturated carbocycles. The summed E-state index contributed by atoms with van der Waals surface area (Å²) in [5, 5.41) is 9.07. The molecule has 0 aliphatic heterocycles. The summed E-state index contributed by atoms with van der Waals surface area (Å²) in [5.74, 6) is 0. The molecule has 1 unspecified atom stereocenters. The van der Waals surface area contributed by atoms with Gasteiger partial charge < -0.3 is 10.1 Å². The number of rotatable bonds is 2. The summed E-state index contributed by atoms with van der Waals surface area (Å²) in [6, 6.07) is 5.58. The van der Waals surface area contributed by atoms with Crippen LogP contribution < -0.4 is 5.69 Å². The first-order chi connectivity index (χ1) is 7.13. The van der Waals surface area contributed by atoms with Crippen LogP contribution in [0.25, 0.3) is 11.0 Å². The molecule has 2 N–H and O–H groups in total. The molecule has 2 rings (SSSR count). The van der Waals surface area contributed by atoms with Gasteiger partial charge >= 0.3 is 5.69 Å². The zero-order valence-corrected chi connectivity index (χ0v) is 8.82. The first-order valence-corrected chi connectivity index (χ1v) is 4.95. The van der Waals surface area contributed by atoms with E-state index >= 15 is 0 Å². The maximum absolute atomic E-state index is 11.6. The summed E-state index contributed by atoms with van der Waals surface area (Å²) in [6.45, 7) is 3.75. The number of aromatic amines is 1. The number of aliphatic hydroxyl groups excluding tert-OH is 1. The smallest absolute Gasteiger partial charge is 0.326 e. The van der Waals surface area contributed by atoms with E-state index in [1.54, 1.807) is 4.57 Å². The van der Waals surface area contributed by atoms with Gasteiger partial charge in [0.2, 0.25) is 0 Å². The van der Waals surface area contributed by atoms with Crippen LogP contribution in [-0.2, 0) is 0 Å². The molecule has 0 aliphatic carbocycles. The fourth-order valence-corrected chi connectivity index (χ4v) is 1.76. The second-order valence-corrected chi connectivity index (χ2v) is 3.85. The Balaban J connectivity index is 2.74. The zero-order chi connectivity index (χ0) is 11.0. The molecule has 0 fully saturated rings. The van der Waals surface area contributed by atoms with E-state index < -0.39 is 0 Å². The third-order valence-electron chi connectivity index (χ3n) is 2.58. The number of nitrogens with zero attached hydrogens (tertiary/aromatic N) is 1. The van der Waals surface area contributed by atoms with Gasteiger partial charge in [-0.05, 0) is 31.5 Å². The summed E-state index contributed by atoms with van der Waals surface area (Å²) >= 11 is 0. The Labute approximate surface area is 87.2 Å². The highest BCUT2D eigenvalue weighted by Crippen LogP contribution is 2.15. The van der Waals surface area contributed by atoms with Gasteiger partial charge in [0.05, 0.1) is 23.7 Å². The highest BCUT2D eigenvalue weighted by atomic mass is 16.3. The van der Waals surface area contributed by atoms with Crippen LogP contribution in [0.3, 0.4) is 0 Å². The molecule has 1 aromatic heterocycles. The number of aryl methyl sites for hydroxylation is 1. The molecule has 0 radical (unpaired) electrons. The van der Waals surface area contributed by atoms with Crippen molar-refractivity contribution < 1.29 is 5.11 Å². The van der Waals surface area contributed by atoms with Crippen molar-refractivity contribution in [2.45, 2.75) is 19.9 Å². The molecule has 1 heterocycles. The molecule has 1 atom stereocenters. The molecular weight excluding hydrogens is 192 g/mol. The number of benzene rings is 1. The monoisotopic (exact) mass is 206 g/mol. The molecule has 0 bridgehead atoms. The van der Waals surface area contributed by atoms with Gasteiger partial charge in [0.25, 0.3) is 0 Å². The lowest BCUT2D eigenvalue weighted by Gasteiger charge is -2.09. The summed E-state index contributed by atoms with van der Waals surface area (Å²) < 4.78 is 1.58. The lowest BCUT2D eigenvalue weighted by Crippen LogP contribution is -2.22. The van der Waals surface area contributed by atoms with Gasteiger partial charge in [-0.3, -0.25) is 4.57 Å². The SMILES string of the molecule is Cc1ccc2c(c1)[nH]c(=O)n2C(C)CO. The van der Waals surface area contributed by atoms with E-state index in [1.807, 2.05) is 32.0 Å². The average molecular weight is 206 g/mol. The Kier molecular flexibility index (Phi) is 2.36. The predicted molar refractivity (Wildman–Crippen MR) is 59.1 cm³/mol. The van der Waals surface area contributed by atoms with Gasteiger partial charge in [0.15, 0.2) is 0 Å². The maximum Gasteiger partial charge on any atom is 0.326 e. The van der Waals surface area contributed by atoms with Crippen LogP contribution in [0.1, 0.15) is 18.5 Å². The quantitative estimate of drug-likeness (QED) is 0.775. The molecular formula is C11H14N2O2. The van der Waals surface area contributed by atoms with E-state index in [1.165, 1.54) is 0 Å². The van der Waals surface area contributed by atoms with Gasteiger partial charge in [-0.2, -0.15) is 0 Å². The van der Waals surface area contributed by atoms with Crippen molar-refractivity contribution in [1.82, 2.24) is 9.55 Å². The van der Waals surface area contributed by atoms with Crippen LogP contribution in [0, 0.1) is 6.92 Å². The van der Waals surface area contributed by atoms with Crippen LogP contribution >= 0.6 is 0 Å². The van der Waals surface area contributed by atoms with Gasteiger partial charge in [0.1, 0.15) is 0 Å². The number of hydrogen-bond acceptors (Lipinski definition) is 2. The van der Waals surface area contributed by atoms with E-state index in [9.17, 15) is 4.79 Å². The minimum Gasteiger partial charge on any atom is -0.394 e. The molecule has 15 heavy (non-hydrogen) atoms. The van der Waals surface area contributed by atoms with Crippen molar-refractivity contribution in [3.63, 3.8) is 0 Å². The Morgan fingerprint density at radius 2 is 2.27 bits per heavy atom. The topological polar surface area (TPSA) is 58.0 Å². The average Bonchev–Trinajstić information content (AvgIpc) is 2.52. The molecule has 80 valence electrons. The second-order valence-electron chi connectivity index (χ2n) is 3.85. The molecule has 0 spiro atoms. The zero-order valence-electron chi connectivity index (χ0n) is 8.82. The molecule has 1 aromatic carbocycles. The van der Waals surface area contributed by atoms with Crippen molar-refractivity contribution in [2.75, 3.05) is 6.61 Å². The van der Waals surface area contributed by atoms with Crippen molar-refractivity contribution in [2.24, 2.45) is 0 Å². The molecule has 0 aliphatic rings. The van der Waals surface area contributed by atoms with Crippen LogP contribution in [0.15, 0.2) is 23.0 Å². The summed E-state index contributed by atoms with van der Waals surface area (Å²) in [7, 11) is 0. The largest absolute Gasteiger partial charge is 0.394 e. The first-order valence-electron chi connectivity index (χ1n) is 4.95. The Morgan fingerprint density at radius 3 is 2.93 bits per heavy atom. The predicted octanol–water partition coefficient (Wildman–Crippen LogP) is 1.19. The number of aliphatic hydroxyl groups is 1. The van der Waals surface area contributed by atoms with Crippen molar-refractivity contribution in [3.8, 4) is 0 Å². The standard InChI is InChI=1S/C11H14N2O2/c1-7-3-4-10-9(5-7)12-11(15)13(10)8(2)6-14/h3-5,8,14H,6H2,1-2H3,(H,12,15). The van der Waals surface area contributed by atoms with E-state index in [4.69, 9.17) is 5.11 Å². The highest BCUT2D eigenvalue weighted by molar-refractivity contribution is 5.76. The number of aromatic nitrogens is 2. The number of imidazole rings is 1. The maximum atomic E-state index is 11.6. The molecule has 0 amide bonds. The minimum absolute atomic E-state index is 0.0409. The Bertz CT molecular complexity index is 539. The van der Waals surface area contributed by atoms with E-state index in [-0.39, 0.29) is 18.3 Å².